The lowest BCUT2D eigenvalue weighted by Crippen LogP contribution is -2.41. The Kier molecular flexibility index (Phi) is 5.69. The van der Waals surface area contributed by atoms with Crippen molar-refractivity contribution in [1.82, 2.24) is 4.90 Å². The van der Waals surface area contributed by atoms with Crippen LogP contribution in [0.4, 0.5) is 5.69 Å². The van der Waals surface area contributed by atoms with Gasteiger partial charge in [-0.1, -0.05) is 18.2 Å². The molecule has 1 atom stereocenters. The third-order valence-corrected chi connectivity index (χ3v) is 6.34. The number of amides is 1. The molecule has 0 aliphatic carbocycles. The number of carbonyl (C=O) groups excluding carboxylic acids is 1. The summed E-state index contributed by atoms with van der Waals surface area (Å²) in [7, 11) is 0. The van der Waals surface area contributed by atoms with E-state index in [1.54, 1.807) is 11.8 Å². The van der Waals surface area contributed by atoms with Crippen molar-refractivity contribution in [2.75, 3.05) is 30.3 Å². The number of ether oxygens (including phenoxy) is 1. The average Bonchev–Trinajstić information content (AvgIpc) is 3.06. The number of hydrogen-bond acceptors (Lipinski definition) is 4. The molecule has 142 valence electrons. The number of hydrogen-bond donors (Lipinski definition) is 0. The molecule has 5 heteroatoms. The predicted octanol–water partition coefficient (Wildman–Crippen LogP) is 4.19. The van der Waals surface area contributed by atoms with Gasteiger partial charge in [0.2, 0.25) is 5.91 Å². The van der Waals surface area contributed by atoms with E-state index in [1.165, 1.54) is 18.4 Å². The zero-order valence-corrected chi connectivity index (χ0v) is 16.6. The van der Waals surface area contributed by atoms with Gasteiger partial charge in [0, 0.05) is 29.7 Å². The summed E-state index contributed by atoms with van der Waals surface area (Å²) in [6, 6.07) is 16.8. The molecule has 2 aliphatic heterocycles. The van der Waals surface area contributed by atoms with Gasteiger partial charge in [0.1, 0.15) is 5.75 Å². The molecule has 4 rings (SSSR count). The molecule has 0 spiro atoms. The first-order valence-electron chi connectivity index (χ1n) is 9.72. The van der Waals surface area contributed by atoms with Gasteiger partial charge in [-0.15, -0.1) is 11.8 Å². The summed E-state index contributed by atoms with van der Waals surface area (Å²) in [6.45, 7) is 5.54. The highest BCUT2D eigenvalue weighted by molar-refractivity contribution is 8.00. The highest BCUT2D eigenvalue weighted by Crippen LogP contribution is 2.32. The van der Waals surface area contributed by atoms with Crippen LogP contribution in [0.3, 0.4) is 0 Å². The molecule has 0 radical (unpaired) electrons. The molecular formula is C22H26N2O2S. The summed E-state index contributed by atoms with van der Waals surface area (Å²) in [5.74, 6) is 1.51. The van der Waals surface area contributed by atoms with Gasteiger partial charge in [0.25, 0.3) is 0 Å². The molecule has 0 N–H and O–H groups in total. The van der Waals surface area contributed by atoms with E-state index in [0.717, 1.165) is 36.0 Å². The molecule has 2 aromatic carbocycles. The van der Waals surface area contributed by atoms with Crippen LogP contribution < -0.4 is 9.64 Å². The lowest BCUT2D eigenvalue weighted by molar-refractivity contribution is -0.116. The van der Waals surface area contributed by atoms with Crippen LogP contribution in [0.5, 0.6) is 5.75 Å². The quantitative estimate of drug-likeness (QED) is 0.726. The number of fused-ring (bicyclic) bond motifs is 2. The third-order valence-electron chi connectivity index (χ3n) is 5.35. The number of para-hydroxylation sites is 1. The SMILES string of the molecule is CCOc1ccc(SCC(=O)N2C[C@H]3CCCN3Cc3ccccc32)cc1. The van der Waals surface area contributed by atoms with Crippen molar-refractivity contribution in [2.45, 2.75) is 37.2 Å². The van der Waals surface area contributed by atoms with E-state index in [-0.39, 0.29) is 5.91 Å². The largest absolute Gasteiger partial charge is 0.494 e. The highest BCUT2D eigenvalue weighted by Gasteiger charge is 2.33. The molecule has 1 saturated heterocycles. The summed E-state index contributed by atoms with van der Waals surface area (Å²) in [4.78, 5) is 18.8. The van der Waals surface area contributed by atoms with Crippen molar-refractivity contribution in [3.63, 3.8) is 0 Å². The smallest absolute Gasteiger partial charge is 0.237 e. The number of benzene rings is 2. The molecule has 2 aromatic rings. The standard InChI is InChI=1S/C22H26N2O2S/c1-2-26-19-9-11-20(12-10-19)27-16-22(25)24-15-18-7-5-13-23(18)14-17-6-3-4-8-21(17)24/h3-4,6,8-12,18H,2,5,7,13-16H2,1H3/t18-/m1/s1. The summed E-state index contributed by atoms with van der Waals surface area (Å²) >= 11 is 1.60. The van der Waals surface area contributed by atoms with E-state index in [0.29, 0.717) is 18.4 Å². The number of anilines is 1. The van der Waals surface area contributed by atoms with Crippen molar-refractivity contribution in [1.29, 1.82) is 0 Å². The fourth-order valence-corrected chi connectivity index (χ4v) is 4.78. The van der Waals surface area contributed by atoms with E-state index >= 15 is 0 Å². The molecule has 2 heterocycles. The van der Waals surface area contributed by atoms with E-state index in [2.05, 4.69) is 23.1 Å². The second-order valence-electron chi connectivity index (χ2n) is 7.09. The Morgan fingerprint density at radius 3 is 2.81 bits per heavy atom. The summed E-state index contributed by atoms with van der Waals surface area (Å²) < 4.78 is 5.49. The van der Waals surface area contributed by atoms with Crippen LogP contribution in [-0.4, -0.2) is 42.3 Å². The second-order valence-corrected chi connectivity index (χ2v) is 8.14. The topological polar surface area (TPSA) is 32.8 Å². The van der Waals surface area contributed by atoms with Crippen molar-refractivity contribution in [2.24, 2.45) is 0 Å². The average molecular weight is 383 g/mol. The van der Waals surface area contributed by atoms with E-state index in [9.17, 15) is 4.79 Å². The maximum atomic E-state index is 13.1. The van der Waals surface area contributed by atoms with Crippen LogP contribution in [0.1, 0.15) is 25.3 Å². The van der Waals surface area contributed by atoms with Crippen LogP contribution >= 0.6 is 11.8 Å². The Morgan fingerprint density at radius 2 is 2.00 bits per heavy atom. The minimum Gasteiger partial charge on any atom is -0.494 e. The Hall–Kier alpha value is -1.98. The predicted molar refractivity (Wildman–Crippen MR) is 111 cm³/mol. The highest BCUT2D eigenvalue weighted by atomic mass is 32.2. The first-order valence-corrected chi connectivity index (χ1v) is 10.7. The molecule has 0 unspecified atom stereocenters. The first-order chi connectivity index (χ1) is 13.2. The van der Waals surface area contributed by atoms with Crippen LogP contribution in [0.2, 0.25) is 0 Å². The zero-order valence-electron chi connectivity index (χ0n) is 15.8. The van der Waals surface area contributed by atoms with Crippen LogP contribution in [0.15, 0.2) is 53.4 Å². The molecular weight excluding hydrogens is 356 g/mol. The van der Waals surface area contributed by atoms with Gasteiger partial charge in [-0.05, 0) is 62.2 Å². The Bertz CT molecular complexity index is 793. The molecule has 2 aliphatic rings. The third kappa shape index (κ3) is 4.14. The van der Waals surface area contributed by atoms with Crippen LogP contribution in [-0.2, 0) is 11.3 Å². The fourth-order valence-electron chi connectivity index (χ4n) is 4.00. The molecule has 27 heavy (non-hydrogen) atoms. The van der Waals surface area contributed by atoms with Crippen molar-refractivity contribution < 1.29 is 9.53 Å². The number of carbonyl (C=O) groups is 1. The molecule has 1 amide bonds. The number of thioether (sulfide) groups is 1. The van der Waals surface area contributed by atoms with Gasteiger partial charge >= 0.3 is 0 Å². The molecule has 0 bridgehead atoms. The molecule has 0 aromatic heterocycles. The minimum absolute atomic E-state index is 0.190. The zero-order chi connectivity index (χ0) is 18.6. The summed E-state index contributed by atoms with van der Waals surface area (Å²) in [5.41, 5.74) is 2.35. The first kappa shape index (κ1) is 18.4. The van der Waals surface area contributed by atoms with E-state index in [1.807, 2.05) is 42.2 Å². The Morgan fingerprint density at radius 1 is 1.19 bits per heavy atom. The maximum Gasteiger partial charge on any atom is 0.237 e. The normalized spacial score (nSPS) is 19.3. The van der Waals surface area contributed by atoms with Gasteiger partial charge in [-0.2, -0.15) is 0 Å². The van der Waals surface area contributed by atoms with Crippen molar-refractivity contribution >= 4 is 23.4 Å². The van der Waals surface area contributed by atoms with Gasteiger partial charge in [0.15, 0.2) is 0 Å². The second kappa shape index (κ2) is 8.36. The lowest BCUT2D eigenvalue weighted by Gasteiger charge is -2.26. The summed E-state index contributed by atoms with van der Waals surface area (Å²) in [6.07, 6.45) is 2.42. The molecule has 1 fully saturated rings. The Balaban J connectivity index is 1.47. The minimum atomic E-state index is 0.190. The van der Waals surface area contributed by atoms with Gasteiger partial charge < -0.3 is 9.64 Å². The van der Waals surface area contributed by atoms with E-state index < -0.39 is 0 Å². The lowest BCUT2D eigenvalue weighted by atomic mass is 10.1. The maximum absolute atomic E-state index is 13.1. The van der Waals surface area contributed by atoms with Crippen molar-refractivity contribution in [3.05, 3.63) is 54.1 Å². The Labute approximate surface area is 165 Å². The fraction of sp³-hybridized carbons (Fsp3) is 0.409. The van der Waals surface area contributed by atoms with Gasteiger partial charge in [0.05, 0.1) is 12.4 Å². The molecule has 0 saturated carbocycles. The van der Waals surface area contributed by atoms with Gasteiger partial charge in [-0.25, -0.2) is 0 Å². The number of rotatable bonds is 5. The number of nitrogens with zero attached hydrogens (tertiary/aromatic N) is 2. The van der Waals surface area contributed by atoms with Crippen LogP contribution in [0.25, 0.3) is 0 Å². The van der Waals surface area contributed by atoms with Crippen molar-refractivity contribution in [3.8, 4) is 5.75 Å². The molecule has 4 nitrogen and oxygen atoms in total. The van der Waals surface area contributed by atoms with Crippen LogP contribution in [0, 0.1) is 0 Å². The monoisotopic (exact) mass is 382 g/mol. The van der Waals surface area contributed by atoms with Gasteiger partial charge in [-0.3, -0.25) is 9.69 Å². The summed E-state index contributed by atoms with van der Waals surface area (Å²) in [5, 5.41) is 0. The van der Waals surface area contributed by atoms with E-state index in [4.69, 9.17) is 4.74 Å².